The Labute approximate surface area is 135 Å². The van der Waals surface area contributed by atoms with E-state index in [0.717, 1.165) is 19.3 Å². The first kappa shape index (κ1) is 16.5. The Bertz CT molecular complexity index is 590. The van der Waals surface area contributed by atoms with Crippen LogP contribution in [-0.4, -0.2) is 8.07 Å². The molecule has 1 atom stereocenters. The van der Waals surface area contributed by atoms with Crippen LogP contribution in [0.2, 0.25) is 11.6 Å². The van der Waals surface area contributed by atoms with Crippen molar-refractivity contribution >= 4 is 18.4 Å². The van der Waals surface area contributed by atoms with Crippen LogP contribution in [-0.2, 0) is 0 Å². The van der Waals surface area contributed by atoms with Gasteiger partial charge >= 0.3 is 0 Å². The van der Waals surface area contributed by atoms with Gasteiger partial charge in [-0.1, -0.05) is 97.3 Å². The molecule has 1 unspecified atom stereocenters. The lowest BCUT2D eigenvalue weighted by molar-refractivity contribution is 0.610. The highest BCUT2D eigenvalue weighted by atomic mass is 28.3. The number of unbranched alkanes of at least 4 members (excludes halogenated alkanes) is 1. The summed E-state index contributed by atoms with van der Waals surface area (Å²) in [6, 6.07) is 24.1. The average Bonchev–Trinajstić information content (AvgIpc) is 2.60. The number of benzene rings is 2. The zero-order valence-electron chi connectivity index (χ0n) is 13.8. The summed E-state index contributed by atoms with van der Waals surface area (Å²) in [6.45, 7) is 6.73. The Kier molecular flexibility index (Phi) is 5.21. The van der Waals surface area contributed by atoms with E-state index in [1.54, 1.807) is 0 Å². The van der Waals surface area contributed by atoms with E-state index >= 15 is 0 Å². The van der Waals surface area contributed by atoms with Crippen LogP contribution >= 0.6 is 0 Å². The van der Waals surface area contributed by atoms with Crippen LogP contribution in [0.25, 0.3) is 0 Å². The highest BCUT2D eigenvalue weighted by molar-refractivity contribution is 7.04. The fourth-order valence-corrected chi connectivity index (χ4v) is 7.52. The molecule has 0 aliphatic heterocycles. The van der Waals surface area contributed by atoms with E-state index in [1.807, 2.05) is 0 Å². The molecule has 0 aromatic heterocycles. The summed E-state index contributed by atoms with van der Waals surface area (Å²) < 4.78 is 0. The van der Waals surface area contributed by atoms with E-state index in [1.165, 1.54) is 10.4 Å². The molecule has 0 saturated heterocycles. The molecule has 2 heteroatoms. The van der Waals surface area contributed by atoms with Crippen LogP contribution in [0.1, 0.15) is 33.1 Å². The summed E-state index contributed by atoms with van der Waals surface area (Å²) in [4.78, 5) is 0. The minimum atomic E-state index is -2.15. The van der Waals surface area contributed by atoms with Crippen LogP contribution < -0.4 is 10.4 Å². The molecule has 2 aromatic carbocycles. The Balaban J connectivity index is 2.63. The second-order valence-electron chi connectivity index (χ2n) is 6.40. The van der Waals surface area contributed by atoms with Crippen molar-refractivity contribution in [2.45, 2.75) is 44.7 Å². The van der Waals surface area contributed by atoms with Gasteiger partial charge in [0, 0.05) is 0 Å². The minimum absolute atomic E-state index is 0.300. The third-order valence-electron chi connectivity index (χ3n) is 5.08. The van der Waals surface area contributed by atoms with Gasteiger partial charge in [-0.15, -0.1) is 0 Å². The molecule has 22 heavy (non-hydrogen) atoms. The molecule has 2 aromatic rings. The van der Waals surface area contributed by atoms with Gasteiger partial charge in [-0.05, 0) is 13.3 Å². The highest BCUT2D eigenvalue weighted by Crippen LogP contribution is 2.41. The van der Waals surface area contributed by atoms with Gasteiger partial charge in [0.1, 0.15) is 8.07 Å². The van der Waals surface area contributed by atoms with Gasteiger partial charge in [-0.25, -0.2) is 0 Å². The van der Waals surface area contributed by atoms with Gasteiger partial charge in [-0.3, -0.25) is 0 Å². The molecular weight excluding hydrogens is 282 g/mol. The fourth-order valence-electron chi connectivity index (χ4n) is 3.29. The number of hydrogen-bond donors (Lipinski definition) is 0. The lowest BCUT2D eigenvalue weighted by Crippen LogP contribution is -2.63. The standard InChI is InChI=1S/C20H25NSi/c1-4-5-16-20(2,17-21)22(3,18-12-8-6-9-13-18)19-14-10-7-11-15-19/h6-15H,4-5,16H2,1-3H3. The summed E-state index contributed by atoms with van der Waals surface area (Å²) in [7, 11) is -2.15. The van der Waals surface area contributed by atoms with E-state index in [0.29, 0.717) is 0 Å². The monoisotopic (exact) mass is 307 g/mol. The maximum atomic E-state index is 10.1. The molecular formula is C20H25NSi. The van der Waals surface area contributed by atoms with Crippen molar-refractivity contribution in [3.05, 3.63) is 60.7 Å². The van der Waals surface area contributed by atoms with Gasteiger partial charge < -0.3 is 0 Å². The zero-order valence-corrected chi connectivity index (χ0v) is 14.8. The van der Waals surface area contributed by atoms with Crippen LogP contribution in [0.3, 0.4) is 0 Å². The summed E-state index contributed by atoms with van der Waals surface area (Å²) in [5.41, 5.74) is 0. The van der Waals surface area contributed by atoms with E-state index in [-0.39, 0.29) is 5.04 Å². The molecule has 0 aliphatic rings. The first-order valence-corrected chi connectivity index (χ1v) is 10.6. The van der Waals surface area contributed by atoms with Crippen molar-refractivity contribution in [3.8, 4) is 6.07 Å². The lowest BCUT2D eigenvalue weighted by atomic mass is 10.1. The van der Waals surface area contributed by atoms with Gasteiger partial charge in [0.15, 0.2) is 0 Å². The van der Waals surface area contributed by atoms with Gasteiger partial charge in [0.25, 0.3) is 0 Å². The Morgan fingerprint density at radius 2 is 1.41 bits per heavy atom. The first-order valence-electron chi connectivity index (χ1n) is 8.11. The normalized spacial score (nSPS) is 14.1. The lowest BCUT2D eigenvalue weighted by Gasteiger charge is -2.41. The molecule has 0 spiro atoms. The molecule has 1 nitrogen and oxygen atoms in total. The molecule has 114 valence electrons. The molecule has 0 heterocycles. The Morgan fingerprint density at radius 1 is 0.955 bits per heavy atom. The number of nitrogens with zero attached hydrogens (tertiary/aromatic N) is 1. The third kappa shape index (κ3) is 2.87. The van der Waals surface area contributed by atoms with Crippen molar-refractivity contribution in [1.82, 2.24) is 0 Å². The molecule has 0 radical (unpaired) electrons. The second-order valence-corrected chi connectivity index (χ2v) is 10.9. The largest absolute Gasteiger partial charge is 0.198 e. The van der Waals surface area contributed by atoms with Crippen LogP contribution in [0.5, 0.6) is 0 Å². The molecule has 0 saturated carbocycles. The predicted octanol–water partition coefficient (Wildman–Crippen LogP) is 4.35. The zero-order chi connectivity index (χ0) is 16.1. The SMILES string of the molecule is CCCCC(C)(C#N)[Si](C)(c1ccccc1)c1ccccc1. The average molecular weight is 308 g/mol. The van der Waals surface area contributed by atoms with E-state index in [4.69, 9.17) is 0 Å². The van der Waals surface area contributed by atoms with Crippen molar-refractivity contribution in [1.29, 1.82) is 5.26 Å². The van der Waals surface area contributed by atoms with Crippen LogP contribution in [0.4, 0.5) is 0 Å². The molecule has 0 N–H and O–H groups in total. The van der Waals surface area contributed by atoms with E-state index in [2.05, 4.69) is 87.1 Å². The molecule has 2 rings (SSSR count). The highest BCUT2D eigenvalue weighted by Gasteiger charge is 2.49. The summed E-state index contributed by atoms with van der Waals surface area (Å²) in [5.74, 6) is 0. The van der Waals surface area contributed by atoms with Crippen molar-refractivity contribution in [3.63, 3.8) is 0 Å². The summed E-state index contributed by atoms with van der Waals surface area (Å²) >= 11 is 0. The van der Waals surface area contributed by atoms with Gasteiger partial charge in [-0.2, -0.15) is 5.26 Å². The Hall–Kier alpha value is -1.85. The fraction of sp³-hybridized carbons (Fsp3) is 0.350. The Morgan fingerprint density at radius 3 is 1.77 bits per heavy atom. The summed E-state index contributed by atoms with van der Waals surface area (Å²) in [5, 5.41) is 12.5. The topological polar surface area (TPSA) is 23.8 Å². The summed E-state index contributed by atoms with van der Waals surface area (Å²) in [6.07, 6.45) is 3.20. The maximum absolute atomic E-state index is 10.1. The minimum Gasteiger partial charge on any atom is -0.198 e. The second kappa shape index (κ2) is 6.94. The molecule has 0 bridgehead atoms. The van der Waals surface area contributed by atoms with Crippen molar-refractivity contribution in [2.24, 2.45) is 0 Å². The third-order valence-corrected chi connectivity index (χ3v) is 10.6. The molecule has 0 aliphatic carbocycles. The predicted molar refractivity (Wildman–Crippen MR) is 97.3 cm³/mol. The number of nitriles is 1. The first-order chi connectivity index (χ1) is 10.6. The molecule has 0 fully saturated rings. The van der Waals surface area contributed by atoms with Crippen LogP contribution in [0, 0.1) is 11.3 Å². The number of rotatable bonds is 6. The smallest absolute Gasteiger partial charge is 0.135 e. The number of hydrogen-bond acceptors (Lipinski definition) is 1. The van der Waals surface area contributed by atoms with Crippen molar-refractivity contribution < 1.29 is 0 Å². The molecule has 0 amide bonds. The van der Waals surface area contributed by atoms with Crippen molar-refractivity contribution in [2.75, 3.05) is 0 Å². The van der Waals surface area contributed by atoms with Gasteiger partial charge in [0.05, 0.1) is 11.1 Å². The van der Waals surface area contributed by atoms with Crippen LogP contribution in [0.15, 0.2) is 60.7 Å². The van der Waals surface area contributed by atoms with Gasteiger partial charge in [0.2, 0.25) is 0 Å². The maximum Gasteiger partial charge on any atom is 0.135 e. The van der Waals surface area contributed by atoms with E-state index < -0.39 is 8.07 Å². The quantitative estimate of drug-likeness (QED) is 0.728. The van der Waals surface area contributed by atoms with E-state index in [9.17, 15) is 5.26 Å².